The van der Waals surface area contributed by atoms with E-state index < -0.39 is 0 Å². The van der Waals surface area contributed by atoms with Crippen LogP contribution in [0.1, 0.15) is 6.42 Å². The number of rotatable bonds is 3. The van der Waals surface area contributed by atoms with Crippen LogP contribution in [-0.4, -0.2) is 24.7 Å². The predicted octanol–water partition coefficient (Wildman–Crippen LogP) is 2.18. The first-order chi connectivity index (χ1) is 6.84. The van der Waals surface area contributed by atoms with Crippen molar-refractivity contribution in [3.63, 3.8) is 0 Å². The third kappa shape index (κ3) is 2.59. The third-order valence-electron chi connectivity index (χ3n) is 2.35. The van der Waals surface area contributed by atoms with Crippen molar-refractivity contribution in [1.82, 2.24) is 4.98 Å². The summed E-state index contributed by atoms with van der Waals surface area (Å²) in [6.07, 6.45) is 2.85. The predicted molar refractivity (Wildman–Crippen MR) is 56.7 cm³/mol. The lowest BCUT2D eigenvalue weighted by atomic mass is 10.1. The fourth-order valence-corrected chi connectivity index (χ4v) is 1.69. The Morgan fingerprint density at radius 2 is 2.57 bits per heavy atom. The van der Waals surface area contributed by atoms with E-state index in [9.17, 15) is 0 Å². The molecule has 3 nitrogen and oxygen atoms in total. The van der Waals surface area contributed by atoms with E-state index in [2.05, 4.69) is 10.3 Å². The topological polar surface area (TPSA) is 34.1 Å². The lowest BCUT2D eigenvalue weighted by Gasteiger charge is -2.10. The summed E-state index contributed by atoms with van der Waals surface area (Å²) in [5.74, 6) is 0.627. The van der Waals surface area contributed by atoms with Crippen molar-refractivity contribution in [3.05, 3.63) is 23.5 Å². The van der Waals surface area contributed by atoms with Crippen molar-refractivity contribution in [2.24, 2.45) is 5.92 Å². The van der Waals surface area contributed by atoms with Crippen LogP contribution < -0.4 is 5.32 Å². The molecule has 1 unspecified atom stereocenters. The van der Waals surface area contributed by atoms with Crippen LogP contribution in [0, 0.1) is 5.92 Å². The molecule has 1 aliphatic heterocycles. The second-order valence-corrected chi connectivity index (χ2v) is 3.87. The van der Waals surface area contributed by atoms with Gasteiger partial charge in [0, 0.05) is 31.0 Å². The molecule has 1 atom stereocenters. The van der Waals surface area contributed by atoms with Crippen molar-refractivity contribution in [1.29, 1.82) is 0 Å². The number of hydrogen-bond acceptors (Lipinski definition) is 3. The number of pyridine rings is 1. The Kier molecular flexibility index (Phi) is 3.22. The van der Waals surface area contributed by atoms with Crippen molar-refractivity contribution >= 4 is 17.3 Å². The number of nitrogens with zero attached hydrogens (tertiary/aromatic N) is 1. The molecule has 4 heteroatoms. The van der Waals surface area contributed by atoms with E-state index in [1.165, 1.54) is 0 Å². The second kappa shape index (κ2) is 4.62. The van der Waals surface area contributed by atoms with Gasteiger partial charge in [-0.25, -0.2) is 4.98 Å². The van der Waals surface area contributed by atoms with Gasteiger partial charge < -0.3 is 10.1 Å². The Morgan fingerprint density at radius 1 is 1.64 bits per heavy atom. The van der Waals surface area contributed by atoms with Crippen molar-refractivity contribution in [3.8, 4) is 0 Å². The molecule has 14 heavy (non-hydrogen) atoms. The molecule has 0 aromatic carbocycles. The minimum absolute atomic E-state index is 0.526. The first kappa shape index (κ1) is 9.74. The van der Waals surface area contributed by atoms with Crippen molar-refractivity contribution in [2.75, 3.05) is 25.1 Å². The molecule has 76 valence electrons. The number of nitrogens with one attached hydrogen (secondary N) is 1. The van der Waals surface area contributed by atoms with Crippen molar-refractivity contribution in [2.45, 2.75) is 6.42 Å². The molecule has 1 N–H and O–H groups in total. The first-order valence-corrected chi connectivity index (χ1v) is 5.15. The van der Waals surface area contributed by atoms with Gasteiger partial charge in [-0.05, 0) is 18.6 Å². The Balaban J connectivity index is 1.85. The maximum atomic E-state index is 5.76. The van der Waals surface area contributed by atoms with Crippen LogP contribution in [0.25, 0.3) is 0 Å². The monoisotopic (exact) mass is 212 g/mol. The van der Waals surface area contributed by atoms with Crippen LogP contribution in [-0.2, 0) is 4.74 Å². The van der Waals surface area contributed by atoms with Gasteiger partial charge in [0.1, 0.15) is 5.15 Å². The van der Waals surface area contributed by atoms with E-state index >= 15 is 0 Å². The van der Waals surface area contributed by atoms with Crippen LogP contribution in [0.3, 0.4) is 0 Å². The van der Waals surface area contributed by atoms with Gasteiger partial charge in [-0.1, -0.05) is 11.6 Å². The van der Waals surface area contributed by atoms with Gasteiger partial charge in [0.25, 0.3) is 0 Å². The highest BCUT2D eigenvalue weighted by Crippen LogP contribution is 2.15. The van der Waals surface area contributed by atoms with Gasteiger partial charge >= 0.3 is 0 Å². The van der Waals surface area contributed by atoms with Crippen LogP contribution in [0.5, 0.6) is 0 Å². The minimum atomic E-state index is 0.526. The third-order valence-corrected chi connectivity index (χ3v) is 2.55. The van der Waals surface area contributed by atoms with E-state index in [-0.39, 0.29) is 0 Å². The van der Waals surface area contributed by atoms with E-state index in [0.717, 1.165) is 31.9 Å². The van der Waals surface area contributed by atoms with E-state index in [0.29, 0.717) is 11.1 Å². The number of ether oxygens (including phenoxy) is 1. The standard InChI is InChI=1S/C10H13ClN2O/c11-10-5-9(1-3-12-10)13-6-8-2-4-14-7-8/h1,3,5,8H,2,4,6-7H2,(H,12,13). The fraction of sp³-hybridized carbons (Fsp3) is 0.500. The molecule has 0 amide bonds. The number of halogens is 1. The molecule has 0 saturated carbocycles. The van der Waals surface area contributed by atoms with Gasteiger partial charge in [0.2, 0.25) is 0 Å². The quantitative estimate of drug-likeness (QED) is 0.780. The van der Waals surface area contributed by atoms with Crippen molar-refractivity contribution < 1.29 is 4.74 Å². The van der Waals surface area contributed by atoms with Gasteiger partial charge in [-0.2, -0.15) is 0 Å². The maximum absolute atomic E-state index is 5.76. The summed E-state index contributed by atoms with van der Waals surface area (Å²) in [6.45, 7) is 2.70. The summed E-state index contributed by atoms with van der Waals surface area (Å²) in [5, 5.41) is 3.85. The molecule has 1 fully saturated rings. The highest BCUT2D eigenvalue weighted by molar-refractivity contribution is 6.29. The maximum Gasteiger partial charge on any atom is 0.131 e. The van der Waals surface area contributed by atoms with E-state index in [1.807, 2.05) is 12.1 Å². The summed E-state index contributed by atoms with van der Waals surface area (Å²) >= 11 is 5.76. The molecule has 2 rings (SSSR count). The molecule has 1 aromatic heterocycles. The SMILES string of the molecule is Clc1cc(NCC2CCOC2)ccn1. The smallest absolute Gasteiger partial charge is 0.131 e. The molecular weight excluding hydrogens is 200 g/mol. The summed E-state index contributed by atoms with van der Waals surface area (Å²) in [7, 11) is 0. The molecule has 1 saturated heterocycles. The molecule has 0 spiro atoms. The average Bonchev–Trinajstić information content (AvgIpc) is 2.67. The lowest BCUT2D eigenvalue weighted by Crippen LogP contribution is -2.13. The molecule has 0 aliphatic carbocycles. The van der Waals surface area contributed by atoms with E-state index in [4.69, 9.17) is 16.3 Å². The molecule has 2 heterocycles. The normalized spacial score (nSPS) is 21.1. The molecule has 0 bridgehead atoms. The van der Waals surface area contributed by atoms with Crippen LogP contribution in [0.4, 0.5) is 5.69 Å². The lowest BCUT2D eigenvalue weighted by molar-refractivity contribution is 0.187. The largest absolute Gasteiger partial charge is 0.385 e. The van der Waals surface area contributed by atoms with E-state index in [1.54, 1.807) is 6.20 Å². The molecule has 0 radical (unpaired) electrons. The minimum Gasteiger partial charge on any atom is -0.385 e. The highest BCUT2D eigenvalue weighted by atomic mass is 35.5. The zero-order valence-electron chi connectivity index (χ0n) is 7.87. The summed E-state index contributed by atoms with van der Waals surface area (Å²) in [5.41, 5.74) is 1.02. The summed E-state index contributed by atoms with van der Waals surface area (Å²) in [4.78, 5) is 3.92. The molecule has 1 aromatic rings. The Morgan fingerprint density at radius 3 is 3.29 bits per heavy atom. The van der Waals surface area contributed by atoms with Crippen LogP contribution >= 0.6 is 11.6 Å². The summed E-state index contributed by atoms with van der Waals surface area (Å²) < 4.78 is 5.29. The zero-order chi connectivity index (χ0) is 9.80. The van der Waals surface area contributed by atoms with Crippen LogP contribution in [0.2, 0.25) is 5.15 Å². The summed E-state index contributed by atoms with van der Waals surface area (Å²) in [6, 6.07) is 3.75. The van der Waals surface area contributed by atoms with Gasteiger partial charge in [0.15, 0.2) is 0 Å². The second-order valence-electron chi connectivity index (χ2n) is 3.48. The van der Waals surface area contributed by atoms with Gasteiger partial charge in [-0.3, -0.25) is 0 Å². The number of anilines is 1. The number of hydrogen-bond donors (Lipinski definition) is 1. The van der Waals surface area contributed by atoms with Gasteiger partial charge in [0.05, 0.1) is 6.61 Å². The Labute approximate surface area is 88.4 Å². The van der Waals surface area contributed by atoms with Crippen LogP contribution in [0.15, 0.2) is 18.3 Å². The fourth-order valence-electron chi connectivity index (χ4n) is 1.52. The van der Waals surface area contributed by atoms with Gasteiger partial charge in [-0.15, -0.1) is 0 Å². The average molecular weight is 213 g/mol. The molecule has 1 aliphatic rings. The highest BCUT2D eigenvalue weighted by Gasteiger charge is 2.14. The Hall–Kier alpha value is -0.800. The number of aromatic nitrogens is 1. The first-order valence-electron chi connectivity index (χ1n) is 4.78. The Bertz CT molecular complexity index is 300. The zero-order valence-corrected chi connectivity index (χ0v) is 8.63. The molecular formula is C10H13ClN2O.